The van der Waals surface area contributed by atoms with E-state index >= 15 is 0 Å². The maximum absolute atomic E-state index is 15.0. The lowest BCUT2D eigenvalue weighted by atomic mass is 9.94. The highest BCUT2D eigenvalue weighted by atomic mass is 32.2. The van der Waals surface area contributed by atoms with Crippen molar-refractivity contribution in [1.82, 2.24) is 8.61 Å². The molecule has 1 saturated heterocycles. The van der Waals surface area contributed by atoms with Gasteiger partial charge in [0.15, 0.2) is 6.23 Å². The van der Waals surface area contributed by atoms with Crippen LogP contribution in [0.3, 0.4) is 0 Å². The van der Waals surface area contributed by atoms with Gasteiger partial charge < -0.3 is 23.7 Å². The summed E-state index contributed by atoms with van der Waals surface area (Å²) in [5.41, 5.74) is 3.70. The van der Waals surface area contributed by atoms with Crippen molar-refractivity contribution in [3.05, 3.63) is 180 Å². The topological polar surface area (TPSA) is 155 Å². The smallest absolute Gasteiger partial charge is 0.426 e. The van der Waals surface area contributed by atoms with Crippen LogP contribution in [-0.2, 0) is 68.3 Å². The molecule has 0 saturated carbocycles. The Labute approximate surface area is 363 Å². The lowest BCUT2D eigenvalue weighted by Gasteiger charge is -2.51. The average molecular weight is 883 g/mol. The van der Waals surface area contributed by atoms with Gasteiger partial charge in [0, 0.05) is 6.92 Å². The number of hydrogen-bond donors (Lipinski definition) is 0. The van der Waals surface area contributed by atoms with E-state index in [4.69, 9.17) is 23.7 Å². The Morgan fingerprint density at radius 3 is 1.52 bits per heavy atom. The molecule has 62 heavy (non-hydrogen) atoms. The summed E-state index contributed by atoms with van der Waals surface area (Å²) >= 11 is 0. The largest absolute Gasteiger partial charge is 0.444 e. The van der Waals surface area contributed by atoms with Crippen LogP contribution in [0.5, 0.6) is 0 Å². The second-order valence-electron chi connectivity index (χ2n) is 14.7. The molecule has 0 aliphatic carbocycles. The van der Waals surface area contributed by atoms with E-state index in [-0.39, 0.29) is 36.2 Å². The maximum Gasteiger partial charge on any atom is 0.426 e. The summed E-state index contributed by atoms with van der Waals surface area (Å²) in [6.07, 6.45) is -6.31. The molecule has 15 heteroatoms. The van der Waals surface area contributed by atoms with Crippen LogP contribution in [0, 0.1) is 13.8 Å². The Kier molecular flexibility index (Phi) is 15.5. The highest BCUT2D eigenvalue weighted by Crippen LogP contribution is 2.38. The third-order valence-corrected chi connectivity index (χ3v) is 13.7. The van der Waals surface area contributed by atoms with Crippen molar-refractivity contribution < 1.29 is 50.1 Å². The SMILES string of the molecule is C=CCOC(=O)N([C@@H]1O[C@H](COCc2ccccc2)[C@@H](OCc2ccccc2)[C@H](OCc2ccccc2)[C@H]1N(C(C)=O)S(=O)(=O)c1ccc(C)cc1)S(=O)(=O)c1ccc(C)cc1. The first-order valence-corrected chi connectivity index (χ1v) is 22.8. The Hall–Kier alpha value is -5.68. The van der Waals surface area contributed by atoms with Gasteiger partial charge in [-0.2, -0.15) is 4.31 Å². The average Bonchev–Trinajstić information content (AvgIpc) is 3.26. The highest BCUT2D eigenvalue weighted by Gasteiger charge is 2.58. The zero-order valence-corrected chi connectivity index (χ0v) is 36.3. The molecular weight excluding hydrogens is 833 g/mol. The molecule has 0 N–H and O–H groups in total. The van der Waals surface area contributed by atoms with E-state index in [9.17, 15) is 26.4 Å². The van der Waals surface area contributed by atoms with Gasteiger partial charge in [-0.05, 0) is 54.8 Å². The molecule has 0 aromatic heterocycles. The van der Waals surface area contributed by atoms with Gasteiger partial charge in [0.05, 0.1) is 36.2 Å². The zero-order chi connectivity index (χ0) is 44.3. The molecule has 5 atom stereocenters. The summed E-state index contributed by atoms with van der Waals surface area (Å²) in [6.45, 7) is 7.40. The Morgan fingerprint density at radius 1 is 0.629 bits per heavy atom. The molecule has 2 amide bonds. The van der Waals surface area contributed by atoms with Crippen LogP contribution >= 0.6 is 0 Å². The molecule has 6 rings (SSSR count). The van der Waals surface area contributed by atoms with E-state index in [1.165, 1.54) is 30.3 Å². The third-order valence-electron chi connectivity index (χ3n) is 10.1. The van der Waals surface area contributed by atoms with E-state index in [0.29, 0.717) is 14.2 Å². The number of carbonyl (C=O) groups excluding carboxylic acids is 2. The number of hydrogen-bond acceptors (Lipinski definition) is 11. The predicted molar refractivity (Wildman–Crippen MR) is 231 cm³/mol. The lowest BCUT2D eigenvalue weighted by Crippen LogP contribution is -2.71. The Balaban J connectivity index is 1.59. The Morgan fingerprint density at radius 2 is 1.06 bits per heavy atom. The van der Waals surface area contributed by atoms with Crippen LogP contribution in [0.2, 0.25) is 0 Å². The summed E-state index contributed by atoms with van der Waals surface area (Å²) < 4.78 is 92.6. The second-order valence-corrected chi connectivity index (χ2v) is 18.3. The lowest BCUT2D eigenvalue weighted by molar-refractivity contribution is -0.255. The van der Waals surface area contributed by atoms with Gasteiger partial charge in [0.2, 0.25) is 5.91 Å². The second kappa shape index (κ2) is 20.9. The standard InChI is InChI=1S/C47H50N2O11S2/c1-5-29-57-47(51)49(62(54,55)41-27-23-35(3)24-28-41)46-43(48(36(4)50)61(52,53)40-25-21-34(2)22-26-40)45(59-32-39-19-13-8-14-20-39)44(58-31-38-17-11-7-12-18-38)42(60-46)33-56-30-37-15-9-6-10-16-37/h5-28,42-46H,1,29-33H2,2-4H3/t42-,43-,44-,45-,46-/m1/s1. The predicted octanol–water partition coefficient (Wildman–Crippen LogP) is 7.34. The summed E-state index contributed by atoms with van der Waals surface area (Å²) in [5.74, 6) is -1.02. The molecule has 1 aliphatic rings. The number of rotatable bonds is 18. The molecule has 0 bridgehead atoms. The number of aryl methyl sites for hydroxylation is 2. The van der Waals surface area contributed by atoms with Gasteiger partial charge in [0.25, 0.3) is 20.0 Å². The van der Waals surface area contributed by atoms with Crippen LogP contribution in [0.4, 0.5) is 4.79 Å². The van der Waals surface area contributed by atoms with Crippen molar-refractivity contribution in [2.75, 3.05) is 13.2 Å². The minimum Gasteiger partial charge on any atom is -0.444 e. The maximum atomic E-state index is 15.0. The zero-order valence-electron chi connectivity index (χ0n) is 34.7. The van der Waals surface area contributed by atoms with E-state index in [2.05, 4.69) is 6.58 Å². The van der Waals surface area contributed by atoms with Crippen LogP contribution in [-0.4, -0.2) is 81.2 Å². The fraction of sp³-hybridized carbons (Fsp3) is 0.277. The number of sulfonamides is 2. The normalized spacial score (nSPS) is 19.0. The number of amides is 2. The van der Waals surface area contributed by atoms with Crippen molar-refractivity contribution in [3.8, 4) is 0 Å². The first-order chi connectivity index (χ1) is 29.8. The van der Waals surface area contributed by atoms with Gasteiger partial charge in [-0.25, -0.2) is 25.9 Å². The summed E-state index contributed by atoms with van der Waals surface area (Å²) in [4.78, 5) is 28.0. The van der Waals surface area contributed by atoms with Crippen LogP contribution in [0.1, 0.15) is 34.7 Å². The molecule has 0 unspecified atom stereocenters. The molecule has 1 fully saturated rings. The first kappa shape index (κ1) is 45.8. The van der Waals surface area contributed by atoms with Crippen molar-refractivity contribution in [2.24, 2.45) is 0 Å². The van der Waals surface area contributed by atoms with Gasteiger partial charge in [0.1, 0.15) is 31.0 Å². The summed E-state index contributed by atoms with van der Waals surface area (Å²) in [6, 6.07) is 37.0. The van der Waals surface area contributed by atoms with E-state index in [0.717, 1.165) is 29.2 Å². The molecule has 1 aliphatic heterocycles. The number of benzene rings is 5. The van der Waals surface area contributed by atoms with Crippen molar-refractivity contribution >= 4 is 32.0 Å². The monoisotopic (exact) mass is 882 g/mol. The molecule has 5 aromatic carbocycles. The third kappa shape index (κ3) is 11.0. The van der Waals surface area contributed by atoms with E-state index < -0.39 is 69.2 Å². The quantitative estimate of drug-likeness (QED) is 0.0813. The van der Waals surface area contributed by atoms with Gasteiger partial charge in [-0.15, -0.1) is 0 Å². The van der Waals surface area contributed by atoms with Crippen molar-refractivity contribution in [2.45, 2.75) is 81.0 Å². The number of nitrogens with zero attached hydrogens (tertiary/aromatic N) is 2. The van der Waals surface area contributed by atoms with E-state index in [1.807, 2.05) is 66.7 Å². The van der Waals surface area contributed by atoms with Gasteiger partial charge in [-0.3, -0.25) is 4.79 Å². The fourth-order valence-electron chi connectivity index (χ4n) is 7.00. The van der Waals surface area contributed by atoms with Crippen LogP contribution in [0.15, 0.2) is 162 Å². The number of ether oxygens (including phenoxy) is 5. The molecule has 0 spiro atoms. The molecular formula is C47H50N2O11S2. The Bertz CT molecular complexity index is 2470. The van der Waals surface area contributed by atoms with Gasteiger partial charge >= 0.3 is 6.09 Å². The van der Waals surface area contributed by atoms with E-state index in [1.54, 1.807) is 62.4 Å². The van der Waals surface area contributed by atoms with Crippen LogP contribution < -0.4 is 0 Å². The van der Waals surface area contributed by atoms with Crippen molar-refractivity contribution in [1.29, 1.82) is 0 Å². The van der Waals surface area contributed by atoms with Crippen LogP contribution in [0.25, 0.3) is 0 Å². The number of carbonyl (C=O) groups is 2. The molecule has 0 radical (unpaired) electrons. The fourth-order valence-corrected chi connectivity index (χ4v) is 9.99. The highest BCUT2D eigenvalue weighted by molar-refractivity contribution is 7.90. The molecule has 1 heterocycles. The molecule has 326 valence electrons. The molecule has 5 aromatic rings. The van der Waals surface area contributed by atoms with Gasteiger partial charge in [-0.1, -0.05) is 139 Å². The molecule has 13 nitrogen and oxygen atoms in total. The minimum atomic E-state index is -4.98. The summed E-state index contributed by atoms with van der Waals surface area (Å²) in [7, 11) is -9.85. The van der Waals surface area contributed by atoms with Crippen molar-refractivity contribution in [3.63, 3.8) is 0 Å². The minimum absolute atomic E-state index is 0.0375. The summed E-state index contributed by atoms with van der Waals surface area (Å²) in [5, 5.41) is 0. The first-order valence-electron chi connectivity index (χ1n) is 19.9.